The van der Waals surface area contributed by atoms with E-state index in [1.54, 1.807) is 56.5 Å². The van der Waals surface area contributed by atoms with E-state index < -0.39 is 5.97 Å². The highest BCUT2D eigenvalue weighted by Crippen LogP contribution is 2.32. The highest BCUT2D eigenvalue weighted by Gasteiger charge is 2.23. The molecule has 0 spiro atoms. The zero-order valence-corrected chi connectivity index (χ0v) is 15.9. The van der Waals surface area contributed by atoms with Gasteiger partial charge in [-0.1, -0.05) is 18.2 Å². The summed E-state index contributed by atoms with van der Waals surface area (Å²) in [7, 11) is 3.08. The molecule has 1 amide bonds. The number of carbonyl (C=O) groups is 2. The summed E-state index contributed by atoms with van der Waals surface area (Å²) in [5.41, 5.74) is 1.53. The van der Waals surface area contributed by atoms with E-state index in [-0.39, 0.29) is 24.7 Å². The Hall–Kier alpha value is -3.48. The number of hydrogen-bond acceptors (Lipinski definition) is 6. The van der Waals surface area contributed by atoms with Crippen molar-refractivity contribution in [3.8, 4) is 11.5 Å². The lowest BCUT2D eigenvalue weighted by Gasteiger charge is -2.10. The number of ether oxygens (including phenoxy) is 3. The summed E-state index contributed by atoms with van der Waals surface area (Å²) in [5, 5.41) is 3.41. The van der Waals surface area contributed by atoms with Gasteiger partial charge >= 0.3 is 5.97 Å². The molecule has 0 aliphatic carbocycles. The molecule has 1 heterocycles. The molecule has 7 heteroatoms. The second-order valence-electron chi connectivity index (χ2n) is 5.94. The van der Waals surface area contributed by atoms with E-state index >= 15 is 0 Å². The van der Waals surface area contributed by atoms with Crippen molar-refractivity contribution in [1.82, 2.24) is 0 Å². The van der Waals surface area contributed by atoms with Gasteiger partial charge in [-0.25, -0.2) is 4.79 Å². The van der Waals surface area contributed by atoms with Crippen LogP contribution in [0.3, 0.4) is 0 Å². The maximum absolute atomic E-state index is 12.6. The fraction of sp³-hybridized carbons (Fsp3) is 0.238. The molecule has 0 fully saturated rings. The molecule has 0 unspecified atom stereocenters. The molecule has 0 radical (unpaired) electrons. The van der Waals surface area contributed by atoms with E-state index in [2.05, 4.69) is 5.32 Å². The van der Waals surface area contributed by atoms with Crippen LogP contribution in [0.2, 0.25) is 0 Å². The first kappa shape index (κ1) is 19.3. The summed E-state index contributed by atoms with van der Waals surface area (Å²) >= 11 is 0. The fourth-order valence-corrected chi connectivity index (χ4v) is 2.87. The van der Waals surface area contributed by atoms with Gasteiger partial charge in [0, 0.05) is 5.39 Å². The van der Waals surface area contributed by atoms with Crippen molar-refractivity contribution in [2.24, 2.45) is 0 Å². The molecule has 1 N–H and O–H groups in total. The lowest BCUT2D eigenvalue weighted by molar-refractivity contribution is -0.115. The van der Waals surface area contributed by atoms with Crippen LogP contribution in [0, 0.1) is 0 Å². The van der Waals surface area contributed by atoms with E-state index in [9.17, 15) is 9.59 Å². The number of rotatable bonds is 7. The lowest BCUT2D eigenvalue weighted by Crippen LogP contribution is -2.17. The number of furan rings is 1. The smallest absolute Gasteiger partial charge is 0.376 e. The highest BCUT2D eigenvalue weighted by atomic mass is 16.5. The Balaban J connectivity index is 1.86. The van der Waals surface area contributed by atoms with Gasteiger partial charge in [0.1, 0.15) is 11.3 Å². The van der Waals surface area contributed by atoms with Crippen molar-refractivity contribution < 1.29 is 28.2 Å². The molecular weight excluding hydrogens is 362 g/mol. The fourth-order valence-electron chi connectivity index (χ4n) is 2.87. The van der Waals surface area contributed by atoms with Gasteiger partial charge in [0.15, 0.2) is 11.5 Å². The molecule has 0 saturated heterocycles. The van der Waals surface area contributed by atoms with Crippen LogP contribution < -0.4 is 14.8 Å². The minimum Gasteiger partial charge on any atom is -0.493 e. The van der Waals surface area contributed by atoms with Gasteiger partial charge < -0.3 is 23.9 Å². The van der Waals surface area contributed by atoms with Gasteiger partial charge in [0.25, 0.3) is 0 Å². The number of para-hydroxylation sites is 1. The SMILES string of the molecule is CCOC(=O)c1oc2ccccc2c1NC(=O)Cc1ccc(OC)c(OC)c1. The average molecular weight is 383 g/mol. The Kier molecular flexibility index (Phi) is 5.84. The zero-order valence-electron chi connectivity index (χ0n) is 15.9. The van der Waals surface area contributed by atoms with E-state index in [4.69, 9.17) is 18.6 Å². The summed E-state index contributed by atoms with van der Waals surface area (Å²) in [6, 6.07) is 12.3. The zero-order chi connectivity index (χ0) is 20.1. The minimum atomic E-state index is -0.625. The molecule has 7 nitrogen and oxygen atoms in total. The average Bonchev–Trinajstić information content (AvgIpc) is 3.06. The molecular formula is C21H21NO6. The molecule has 0 saturated carbocycles. The van der Waals surface area contributed by atoms with Crippen LogP contribution in [0.4, 0.5) is 5.69 Å². The largest absolute Gasteiger partial charge is 0.493 e. The summed E-state index contributed by atoms with van der Waals surface area (Å²) in [4.78, 5) is 24.9. The van der Waals surface area contributed by atoms with Crippen LogP contribution in [0.5, 0.6) is 11.5 Å². The second kappa shape index (κ2) is 8.47. The van der Waals surface area contributed by atoms with Crippen molar-refractivity contribution >= 4 is 28.5 Å². The molecule has 0 aliphatic rings. The number of hydrogen-bond donors (Lipinski definition) is 1. The van der Waals surface area contributed by atoms with Crippen molar-refractivity contribution in [2.45, 2.75) is 13.3 Å². The minimum absolute atomic E-state index is 0.0243. The third kappa shape index (κ3) is 3.93. The standard InChI is InChI=1S/C21H21NO6/c1-4-27-21(24)20-19(14-7-5-6-8-15(14)28-20)22-18(23)12-13-9-10-16(25-2)17(11-13)26-3/h5-11H,4,12H2,1-3H3,(H,22,23). The summed E-state index contributed by atoms with van der Waals surface area (Å²) in [6.45, 7) is 1.91. The summed E-state index contributed by atoms with van der Waals surface area (Å²) in [6.07, 6.45) is 0.0854. The van der Waals surface area contributed by atoms with Gasteiger partial charge in [-0.15, -0.1) is 0 Å². The highest BCUT2D eigenvalue weighted by molar-refractivity contribution is 6.09. The molecule has 2 aromatic carbocycles. The Morgan fingerprint density at radius 3 is 2.50 bits per heavy atom. The Labute approximate surface area is 162 Å². The third-order valence-corrected chi connectivity index (χ3v) is 4.13. The Morgan fingerprint density at radius 2 is 1.79 bits per heavy atom. The number of fused-ring (bicyclic) bond motifs is 1. The number of anilines is 1. The predicted molar refractivity (Wildman–Crippen MR) is 104 cm³/mol. The number of benzene rings is 2. The molecule has 0 atom stereocenters. The van der Waals surface area contributed by atoms with Crippen LogP contribution in [0.1, 0.15) is 23.0 Å². The first-order valence-electron chi connectivity index (χ1n) is 8.76. The topological polar surface area (TPSA) is 87.0 Å². The van der Waals surface area contributed by atoms with Gasteiger partial charge in [0.05, 0.1) is 27.2 Å². The van der Waals surface area contributed by atoms with Gasteiger partial charge in [0.2, 0.25) is 11.7 Å². The van der Waals surface area contributed by atoms with Crippen LogP contribution in [-0.2, 0) is 16.0 Å². The number of methoxy groups -OCH3 is 2. The van der Waals surface area contributed by atoms with E-state index in [1.165, 1.54) is 7.11 Å². The van der Waals surface area contributed by atoms with Crippen molar-refractivity contribution in [1.29, 1.82) is 0 Å². The Morgan fingerprint density at radius 1 is 1.04 bits per heavy atom. The predicted octanol–water partition coefficient (Wildman–Crippen LogP) is 3.81. The maximum Gasteiger partial charge on any atom is 0.376 e. The van der Waals surface area contributed by atoms with Gasteiger partial charge in [-0.3, -0.25) is 4.79 Å². The van der Waals surface area contributed by atoms with Gasteiger partial charge in [-0.2, -0.15) is 0 Å². The third-order valence-electron chi connectivity index (χ3n) is 4.13. The molecule has 3 aromatic rings. The summed E-state index contributed by atoms with van der Waals surface area (Å²) in [5.74, 6) is 0.166. The van der Waals surface area contributed by atoms with E-state index in [0.717, 1.165) is 5.56 Å². The molecule has 0 bridgehead atoms. The molecule has 146 valence electrons. The van der Waals surface area contributed by atoms with Crippen LogP contribution in [0.25, 0.3) is 11.0 Å². The van der Waals surface area contributed by atoms with E-state index in [1.807, 2.05) is 0 Å². The van der Waals surface area contributed by atoms with Crippen molar-refractivity contribution in [3.63, 3.8) is 0 Å². The number of esters is 1. The maximum atomic E-state index is 12.6. The molecule has 28 heavy (non-hydrogen) atoms. The van der Waals surface area contributed by atoms with Crippen LogP contribution >= 0.6 is 0 Å². The second-order valence-corrected chi connectivity index (χ2v) is 5.94. The Bertz CT molecular complexity index is 1010. The van der Waals surface area contributed by atoms with Crippen molar-refractivity contribution in [2.75, 3.05) is 26.1 Å². The first-order valence-corrected chi connectivity index (χ1v) is 8.76. The van der Waals surface area contributed by atoms with E-state index in [0.29, 0.717) is 28.2 Å². The molecule has 3 rings (SSSR count). The van der Waals surface area contributed by atoms with Gasteiger partial charge in [-0.05, 0) is 36.8 Å². The van der Waals surface area contributed by atoms with Crippen molar-refractivity contribution in [3.05, 3.63) is 53.8 Å². The monoisotopic (exact) mass is 383 g/mol. The molecule has 0 aliphatic heterocycles. The van der Waals surface area contributed by atoms with Crippen LogP contribution in [0.15, 0.2) is 46.9 Å². The number of amides is 1. The number of carbonyl (C=O) groups excluding carboxylic acids is 2. The summed E-state index contributed by atoms with van der Waals surface area (Å²) < 4.78 is 21.1. The first-order chi connectivity index (χ1) is 13.6. The number of nitrogens with one attached hydrogen (secondary N) is 1. The quantitative estimate of drug-likeness (QED) is 0.625. The van der Waals surface area contributed by atoms with Crippen LogP contribution in [-0.4, -0.2) is 32.7 Å². The lowest BCUT2D eigenvalue weighted by atomic mass is 10.1. The molecule has 1 aromatic heterocycles. The normalized spacial score (nSPS) is 10.5.